The van der Waals surface area contributed by atoms with E-state index in [1.54, 1.807) is 7.11 Å². The fourth-order valence-corrected chi connectivity index (χ4v) is 11.0. The molecule has 212 valence electrons. The van der Waals surface area contributed by atoms with Crippen LogP contribution in [-0.2, 0) is 0 Å². The van der Waals surface area contributed by atoms with Gasteiger partial charge < -0.3 is 14.9 Å². The van der Waals surface area contributed by atoms with E-state index in [9.17, 15) is 15.0 Å². The summed E-state index contributed by atoms with van der Waals surface area (Å²) >= 11 is 1.53. The first-order valence-electron chi connectivity index (χ1n) is 14.6. The average molecular weight is 562 g/mol. The van der Waals surface area contributed by atoms with Crippen LogP contribution in [0.2, 0.25) is 0 Å². The molecule has 3 N–H and O–H groups in total. The first-order valence-corrected chi connectivity index (χ1v) is 15.6. The van der Waals surface area contributed by atoms with Gasteiger partial charge in [0.25, 0.3) is 0 Å². The molecule has 0 saturated heterocycles. The highest BCUT2D eigenvalue weighted by molar-refractivity contribution is 7.99. The normalized spacial score (nSPS) is 43.0. The van der Waals surface area contributed by atoms with E-state index in [1.807, 2.05) is 24.3 Å². The van der Waals surface area contributed by atoms with Gasteiger partial charge in [0, 0.05) is 33.1 Å². The minimum atomic E-state index is -0.882. The topological polar surface area (TPSA) is 108 Å². The summed E-state index contributed by atoms with van der Waals surface area (Å²) in [6, 6.07) is 7.44. The number of H-pyrrole nitrogens is 1. The van der Waals surface area contributed by atoms with E-state index in [4.69, 9.17) is 4.74 Å². The number of aromatic nitrogens is 3. The van der Waals surface area contributed by atoms with Crippen LogP contribution in [0, 0.1) is 33.5 Å². The monoisotopic (exact) mass is 561 g/mol. The summed E-state index contributed by atoms with van der Waals surface area (Å²) in [6.45, 7) is 4.68. The number of ketones is 1. The van der Waals surface area contributed by atoms with Gasteiger partial charge in [-0.25, -0.2) is 4.98 Å². The predicted octanol–water partition coefficient (Wildman–Crippen LogP) is 5.38. The van der Waals surface area contributed by atoms with Crippen LogP contribution in [0.15, 0.2) is 59.6 Å². The minimum absolute atomic E-state index is 0.0404. The number of allylic oxidation sites excluding steroid dienone is 4. The van der Waals surface area contributed by atoms with E-state index >= 15 is 0 Å². The number of fused-ring (bicyclic) bond motifs is 1. The van der Waals surface area contributed by atoms with Gasteiger partial charge in [0.05, 0.1) is 18.8 Å². The number of carbonyl (C=O) groups is 1. The standard InChI is InChI=1S/C32H39N3O4S/c1-28-11-8-21(36)16-30(28)14-15-32(23(17-30)26(37)20-4-6-22(39-3)7-5-20)24(28)9-12-29(2)25(32)10-13-31(29,38)18-40-27-33-19-34-35-27/h4-7,14-15,17,19,21,24-25,36,38H,8-13,16,18H2,1-3H3,(H,33,34,35)/t21?,24-,25-,28-,29+,30+,31-,32-/m1/s1. The number of aliphatic hydroxyl groups is 2. The van der Waals surface area contributed by atoms with Crippen molar-refractivity contribution in [3.05, 3.63) is 60.0 Å². The van der Waals surface area contributed by atoms with Gasteiger partial charge in [-0.3, -0.25) is 9.89 Å². The maximum absolute atomic E-state index is 14.5. The molecule has 8 heteroatoms. The molecule has 8 atom stereocenters. The molecule has 0 radical (unpaired) electrons. The molecule has 1 unspecified atom stereocenters. The zero-order chi connectivity index (χ0) is 28.0. The summed E-state index contributed by atoms with van der Waals surface area (Å²) in [5, 5.41) is 30.8. The van der Waals surface area contributed by atoms with Gasteiger partial charge in [0.15, 0.2) is 10.9 Å². The fraction of sp³-hybridized carbons (Fsp3) is 0.594. The molecule has 0 amide bonds. The average Bonchev–Trinajstić information content (AvgIpc) is 3.57. The predicted molar refractivity (Wildman–Crippen MR) is 153 cm³/mol. The van der Waals surface area contributed by atoms with Gasteiger partial charge in [-0.2, -0.15) is 5.10 Å². The summed E-state index contributed by atoms with van der Waals surface area (Å²) in [6.07, 6.45) is 14.0. The van der Waals surface area contributed by atoms with Crippen molar-refractivity contribution in [3.8, 4) is 5.75 Å². The summed E-state index contributed by atoms with van der Waals surface area (Å²) < 4.78 is 5.36. The van der Waals surface area contributed by atoms with Crippen LogP contribution in [0.3, 0.4) is 0 Å². The lowest BCUT2D eigenvalue weighted by Gasteiger charge is -2.71. The summed E-state index contributed by atoms with van der Waals surface area (Å²) in [5.74, 6) is 1.74. The molecule has 40 heavy (non-hydrogen) atoms. The Kier molecular flexibility index (Phi) is 5.82. The number of carbonyl (C=O) groups excluding carboxylic acids is 1. The van der Waals surface area contributed by atoms with Crippen LogP contribution in [0.5, 0.6) is 5.75 Å². The Morgan fingerprint density at radius 1 is 1.07 bits per heavy atom. The molecule has 1 aromatic heterocycles. The molecule has 3 saturated carbocycles. The Bertz CT molecular complexity index is 1390. The molecule has 0 aliphatic heterocycles. The van der Waals surface area contributed by atoms with Crippen molar-refractivity contribution in [2.24, 2.45) is 33.5 Å². The highest BCUT2D eigenvalue weighted by atomic mass is 32.2. The van der Waals surface area contributed by atoms with Crippen molar-refractivity contribution in [1.82, 2.24) is 15.2 Å². The second-order valence-corrected chi connectivity index (χ2v) is 14.4. The number of aromatic amines is 1. The fourth-order valence-electron chi connectivity index (χ4n) is 9.92. The molecule has 6 aliphatic carbocycles. The van der Waals surface area contributed by atoms with Crippen LogP contribution in [0.1, 0.15) is 69.2 Å². The Morgan fingerprint density at radius 3 is 2.52 bits per heavy atom. The quantitative estimate of drug-likeness (QED) is 0.247. The van der Waals surface area contributed by atoms with Crippen molar-refractivity contribution < 1.29 is 19.7 Å². The highest BCUT2D eigenvalue weighted by Crippen LogP contribution is 2.78. The van der Waals surface area contributed by atoms with Gasteiger partial charge in [-0.1, -0.05) is 43.8 Å². The molecule has 1 aromatic carbocycles. The molecule has 7 nitrogen and oxygen atoms in total. The number of rotatable bonds is 6. The van der Waals surface area contributed by atoms with Crippen molar-refractivity contribution in [1.29, 1.82) is 0 Å². The Morgan fingerprint density at radius 2 is 1.80 bits per heavy atom. The number of aliphatic hydroxyl groups excluding tert-OH is 1. The molecule has 2 bridgehead atoms. The molecular weight excluding hydrogens is 522 g/mol. The number of thioether (sulfide) groups is 1. The summed E-state index contributed by atoms with van der Waals surface area (Å²) in [5.41, 5.74) is -0.531. The third-order valence-electron chi connectivity index (χ3n) is 12.1. The van der Waals surface area contributed by atoms with Gasteiger partial charge in [-0.05, 0) is 86.5 Å². The number of benzene rings is 1. The summed E-state index contributed by atoms with van der Waals surface area (Å²) in [7, 11) is 1.63. The minimum Gasteiger partial charge on any atom is -0.497 e. The van der Waals surface area contributed by atoms with E-state index < -0.39 is 11.0 Å². The SMILES string of the molecule is COc1ccc(C(=O)C2=C[C@@]34C=C[C@@]25[C@@H]2CC[C@@](O)(CSc6ncn[nH]6)[C@@]2(C)CC[C@@H]5[C@@]3(C)CCC(O)C4)cc1. The van der Waals surface area contributed by atoms with Crippen LogP contribution in [0.4, 0.5) is 0 Å². The smallest absolute Gasteiger partial charge is 0.189 e. The summed E-state index contributed by atoms with van der Waals surface area (Å²) in [4.78, 5) is 18.8. The number of hydrogen-bond donors (Lipinski definition) is 3. The Hall–Kier alpha value is -2.42. The van der Waals surface area contributed by atoms with Crippen molar-refractivity contribution in [2.45, 2.75) is 75.7 Å². The molecule has 2 spiro atoms. The third-order valence-corrected chi connectivity index (χ3v) is 13.2. The van der Waals surface area contributed by atoms with Crippen LogP contribution in [0.25, 0.3) is 0 Å². The van der Waals surface area contributed by atoms with Crippen LogP contribution < -0.4 is 4.74 Å². The zero-order valence-corrected chi connectivity index (χ0v) is 24.3. The molecule has 1 heterocycles. The third kappa shape index (κ3) is 3.30. The number of nitrogens with one attached hydrogen (secondary N) is 1. The lowest BCUT2D eigenvalue weighted by atomic mass is 9.32. The van der Waals surface area contributed by atoms with E-state index in [0.717, 1.165) is 48.6 Å². The number of Topliss-reactive ketones (excluding diaryl/α,β-unsaturated/α-hetero) is 1. The van der Waals surface area contributed by atoms with Gasteiger partial charge in [0.2, 0.25) is 0 Å². The molecular formula is C32H39N3O4S. The van der Waals surface area contributed by atoms with Gasteiger partial charge in [-0.15, -0.1) is 0 Å². The van der Waals surface area contributed by atoms with E-state index in [1.165, 1.54) is 18.1 Å². The van der Waals surface area contributed by atoms with Crippen molar-refractivity contribution >= 4 is 17.5 Å². The van der Waals surface area contributed by atoms with Gasteiger partial charge >= 0.3 is 0 Å². The lowest BCUT2D eigenvalue weighted by molar-refractivity contribution is -0.166. The van der Waals surface area contributed by atoms with Crippen LogP contribution in [-0.4, -0.2) is 55.7 Å². The largest absolute Gasteiger partial charge is 0.497 e. The molecule has 8 rings (SSSR count). The van der Waals surface area contributed by atoms with E-state index in [-0.39, 0.29) is 40.0 Å². The molecule has 6 aliphatic rings. The Balaban J connectivity index is 1.35. The van der Waals surface area contributed by atoms with Gasteiger partial charge in [0.1, 0.15) is 12.1 Å². The molecule has 2 aromatic rings. The first kappa shape index (κ1) is 26.5. The second-order valence-electron chi connectivity index (χ2n) is 13.4. The number of methoxy groups -OCH3 is 1. The van der Waals surface area contributed by atoms with Crippen molar-refractivity contribution in [2.75, 3.05) is 12.9 Å². The number of ether oxygens (including phenoxy) is 1. The first-order chi connectivity index (χ1) is 19.1. The van der Waals surface area contributed by atoms with Crippen molar-refractivity contribution in [3.63, 3.8) is 0 Å². The maximum Gasteiger partial charge on any atom is 0.189 e. The number of hydrogen-bond acceptors (Lipinski definition) is 7. The number of nitrogens with zero attached hydrogens (tertiary/aromatic N) is 2. The lowest BCUT2D eigenvalue weighted by Crippen LogP contribution is -2.67. The highest BCUT2D eigenvalue weighted by Gasteiger charge is 2.74. The van der Waals surface area contributed by atoms with Crippen LogP contribution >= 0.6 is 11.8 Å². The Labute approximate surface area is 239 Å². The second kappa shape index (κ2) is 8.79. The van der Waals surface area contributed by atoms with E-state index in [0.29, 0.717) is 24.2 Å². The molecule has 3 fully saturated rings. The zero-order valence-electron chi connectivity index (χ0n) is 23.5. The van der Waals surface area contributed by atoms with E-state index in [2.05, 4.69) is 47.3 Å². The maximum atomic E-state index is 14.5.